The van der Waals surface area contributed by atoms with E-state index in [0.717, 1.165) is 10.8 Å². The van der Waals surface area contributed by atoms with Gasteiger partial charge < -0.3 is 14.4 Å². The summed E-state index contributed by atoms with van der Waals surface area (Å²) in [4.78, 5) is 14.8. The maximum Gasteiger partial charge on any atom is 0.260 e. The van der Waals surface area contributed by atoms with Crippen molar-refractivity contribution in [2.45, 2.75) is 19.6 Å². The summed E-state index contributed by atoms with van der Waals surface area (Å²) in [6.45, 7) is 4.98. The summed E-state index contributed by atoms with van der Waals surface area (Å²) in [7, 11) is 1.59. The van der Waals surface area contributed by atoms with Gasteiger partial charge in [-0.05, 0) is 30.7 Å². The van der Waals surface area contributed by atoms with Crippen LogP contribution >= 0.6 is 0 Å². The topological polar surface area (TPSA) is 38.8 Å². The highest BCUT2D eigenvalue weighted by molar-refractivity contribution is 6.09. The van der Waals surface area contributed by atoms with Crippen LogP contribution in [0.15, 0.2) is 36.4 Å². The maximum atomic E-state index is 13.0. The van der Waals surface area contributed by atoms with E-state index in [0.29, 0.717) is 24.5 Å². The lowest BCUT2D eigenvalue weighted by molar-refractivity contribution is -0.0380. The van der Waals surface area contributed by atoms with E-state index < -0.39 is 5.72 Å². The normalized spacial score (nSPS) is 17.2. The number of methoxy groups -OCH3 is 1. The van der Waals surface area contributed by atoms with Crippen molar-refractivity contribution in [2.24, 2.45) is 0 Å². The number of nitrogens with zero attached hydrogens (tertiary/aromatic N) is 1. The molecule has 0 aromatic heterocycles. The number of carbonyl (C=O) groups excluding carboxylic acids is 1. The van der Waals surface area contributed by atoms with Gasteiger partial charge in [0.05, 0.1) is 19.3 Å². The molecule has 4 heteroatoms. The zero-order valence-electron chi connectivity index (χ0n) is 12.6. The zero-order chi connectivity index (χ0) is 15.0. The lowest BCUT2D eigenvalue weighted by atomic mass is 10.0. The van der Waals surface area contributed by atoms with E-state index in [1.54, 1.807) is 12.0 Å². The molecule has 0 aliphatic carbocycles. The number of ether oxygens (including phenoxy) is 2. The molecule has 1 aliphatic rings. The number of hydrogen-bond donors (Lipinski definition) is 0. The Kier molecular flexibility index (Phi) is 3.33. The molecule has 2 aromatic carbocycles. The first-order valence-electron chi connectivity index (χ1n) is 7.06. The summed E-state index contributed by atoms with van der Waals surface area (Å²) in [5.41, 5.74) is 0.0214. The van der Waals surface area contributed by atoms with Crippen LogP contribution in [0, 0.1) is 0 Å². The van der Waals surface area contributed by atoms with Gasteiger partial charge in [0.1, 0.15) is 11.5 Å². The van der Waals surface area contributed by atoms with Crippen molar-refractivity contribution in [3.63, 3.8) is 0 Å². The van der Waals surface area contributed by atoms with Gasteiger partial charge in [-0.15, -0.1) is 0 Å². The molecule has 4 nitrogen and oxygen atoms in total. The van der Waals surface area contributed by atoms with E-state index in [4.69, 9.17) is 9.47 Å². The Balaban J connectivity index is 2.16. The maximum absolute atomic E-state index is 13.0. The van der Waals surface area contributed by atoms with E-state index in [1.807, 2.05) is 50.2 Å². The Labute approximate surface area is 124 Å². The number of amides is 1. The lowest BCUT2D eigenvalue weighted by Gasteiger charge is -2.30. The van der Waals surface area contributed by atoms with Gasteiger partial charge in [-0.25, -0.2) is 0 Å². The van der Waals surface area contributed by atoms with Crippen molar-refractivity contribution in [1.29, 1.82) is 0 Å². The summed E-state index contributed by atoms with van der Waals surface area (Å²) in [5.74, 6) is 0.549. The van der Waals surface area contributed by atoms with Crippen LogP contribution in [0.2, 0.25) is 0 Å². The summed E-state index contributed by atoms with van der Waals surface area (Å²) >= 11 is 0. The molecular formula is C17H19NO3. The van der Waals surface area contributed by atoms with Crippen LogP contribution < -0.4 is 4.74 Å². The molecule has 0 N–H and O–H groups in total. The van der Waals surface area contributed by atoms with Crippen molar-refractivity contribution in [3.05, 3.63) is 42.0 Å². The van der Waals surface area contributed by atoms with E-state index in [2.05, 4.69) is 0 Å². The van der Waals surface area contributed by atoms with Gasteiger partial charge in [0.25, 0.3) is 5.91 Å². The molecule has 1 saturated heterocycles. The fourth-order valence-electron chi connectivity index (χ4n) is 2.86. The molecule has 0 atom stereocenters. The lowest BCUT2D eigenvalue weighted by Crippen LogP contribution is -2.43. The standard InChI is InChI=1S/C17H19NO3/c1-17(2)18(10-11-21-17)16(19)15-13-7-5-4-6-12(13)8-9-14(15)20-3/h4-9H,10-11H2,1-3H3. The van der Waals surface area contributed by atoms with Crippen LogP contribution in [0.4, 0.5) is 0 Å². The number of rotatable bonds is 2. The predicted octanol–water partition coefficient (Wildman–Crippen LogP) is 3.06. The second-order valence-corrected chi connectivity index (χ2v) is 5.62. The Morgan fingerprint density at radius 3 is 2.67 bits per heavy atom. The van der Waals surface area contributed by atoms with Gasteiger partial charge in [0.2, 0.25) is 0 Å². The first kappa shape index (κ1) is 13.9. The van der Waals surface area contributed by atoms with Crippen molar-refractivity contribution in [3.8, 4) is 5.75 Å². The van der Waals surface area contributed by atoms with Crippen LogP contribution in [-0.4, -0.2) is 36.8 Å². The molecule has 0 radical (unpaired) electrons. The van der Waals surface area contributed by atoms with E-state index in [9.17, 15) is 4.79 Å². The van der Waals surface area contributed by atoms with Gasteiger partial charge in [0.15, 0.2) is 0 Å². The largest absolute Gasteiger partial charge is 0.496 e. The van der Waals surface area contributed by atoms with Crippen molar-refractivity contribution in [1.82, 2.24) is 4.90 Å². The molecule has 21 heavy (non-hydrogen) atoms. The van der Waals surface area contributed by atoms with Crippen LogP contribution in [-0.2, 0) is 4.74 Å². The number of carbonyl (C=O) groups is 1. The second-order valence-electron chi connectivity index (χ2n) is 5.62. The average Bonchev–Trinajstić information content (AvgIpc) is 2.84. The predicted molar refractivity (Wildman–Crippen MR) is 81.6 cm³/mol. The van der Waals surface area contributed by atoms with Crippen LogP contribution in [0.3, 0.4) is 0 Å². The first-order chi connectivity index (χ1) is 10.0. The Hall–Kier alpha value is -2.07. The summed E-state index contributed by atoms with van der Waals surface area (Å²) in [5, 5.41) is 1.93. The smallest absolute Gasteiger partial charge is 0.260 e. The quantitative estimate of drug-likeness (QED) is 0.851. The number of hydrogen-bond acceptors (Lipinski definition) is 3. The Morgan fingerprint density at radius 2 is 2.00 bits per heavy atom. The molecule has 0 unspecified atom stereocenters. The Bertz CT molecular complexity index is 693. The third kappa shape index (κ3) is 2.25. The van der Waals surface area contributed by atoms with Crippen LogP contribution in [0.25, 0.3) is 10.8 Å². The summed E-state index contributed by atoms with van der Waals surface area (Å²) < 4.78 is 11.1. The van der Waals surface area contributed by atoms with Crippen LogP contribution in [0.5, 0.6) is 5.75 Å². The molecule has 0 bridgehead atoms. The molecule has 1 heterocycles. The molecule has 2 aromatic rings. The van der Waals surface area contributed by atoms with E-state index in [1.165, 1.54) is 0 Å². The van der Waals surface area contributed by atoms with Crippen molar-refractivity contribution >= 4 is 16.7 Å². The van der Waals surface area contributed by atoms with E-state index in [-0.39, 0.29) is 5.91 Å². The number of fused-ring (bicyclic) bond motifs is 1. The summed E-state index contributed by atoms with van der Waals surface area (Å²) in [6, 6.07) is 11.7. The molecule has 1 amide bonds. The van der Waals surface area contributed by atoms with Gasteiger partial charge in [-0.2, -0.15) is 0 Å². The highest BCUT2D eigenvalue weighted by Crippen LogP contribution is 2.32. The third-order valence-electron chi connectivity index (χ3n) is 3.99. The zero-order valence-corrected chi connectivity index (χ0v) is 12.6. The minimum Gasteiger partial charge on any atom is -0.496 e. The fraction of sp³-hybridized carbons (Fsp3) is 0.353. The average molecular weight is 285 g/mol. The summed E-state index contributed by atoms with van der Waals surface area (Å²) in [6.07, 6.45) is 0. The monoisotopic (exact) mass is 285 g/mol. The molecule has 1 aliphatic heterocycles. The SMILES string of the molecule is COc1ccc2ccccc2c1C(=O)N1CCOC1(C)C. The van der Waals surface area contributed by atoms with Crippen molar-refractivity contribution < 1.29 is 14.3 Å². The van der Waals surface area contributed by atoms with Crippen LogP contribution in [0.1, 0.15) is 24.2 Å². The molecular weight excluding hydrogens is 266 g/mol. The molecule has 1 fully saturated rings. The molecule has 3 rings (SSSR count). The third-order valence-corrected chi connectivity index (χ3v) is 3.99. The second kappa shape index (κ2) is 5.04. The number of benzene rings is 2. The van der Waals surface area contributed by atoms with Gasteiger partial charge in [-0.1, -0.05) is 30.3 Å². The Morgan fingerprint density at radius 1 is 1.24 bits per heavy atom. The minimum atomic E-state index is -0.584. The van der Waals surface area contributed by atoms with E-state index >= 15 is 0 Å². The van der Waals surface area contributed by atoms with Gasteiger partial charge in [-0.3, -0.25) is 4.79 Å². The molecule has 0 spiro atoms. The minimum absolute atomic E-state index is 0.0499. The first-order valence-corrected chi connectivity index (χ1v) is 7.06. The molecule has 110 valence electrons. The van der Waals surface area contributed by atoms with Gasteiger partial charge >= 0.3 is 0 Å². The highest BCUT2D eigenvalue weighted by atomic mass is 16.5. The van der Waals surface area contributed by atoms with Crippen molar-refractivity contribution in [2.75, 3.05) is 20.3 Å². The highest BCUT2D eigenvalue weighted by Gasteiger charge is 2.38. The van der Waals surface area contributed by atoms with Gasteiger partial charge in [0, 0.05) is 6.54 Å². The fourth-order valence-corrected chi connectivity index (χ4v) is 2.86. The molecule has 0 saturated carbocycles.